The molecule has 108 valence electrons. The molecule has 2 saturated carbocycles. The highest BCUT2D eigenvalue weighted by molar-refractivity contribution is 5.76. The molecule has 3 rings (SSSR count). The Labute approximate surface area is 122 Å². The summed E-state index contributed by atoms with van der Waals surface area (Å²) < 4.78 is 0. The molecule has 3 atom stereocenters. The molecule has 20 heavy (non-hydrogen) atoms. The van der Waals surface area contributed by atoms with Crippen molar-refractivity contribution in [1.82, 2.24) is 5.32 Å². The minimum absolute atomic E-state index is 0.237. The smallest absolute Gasteiger partial charge is 0.220 e. The number of hydrogen-bond acceptors (Lipinski definition) is 1. The SMILES string of the molecule is Cc1ccc(CCC(=O)N[C@@H]2C[C@H]3CC[C@H]2C3)cc1C. The summed E-state index contributed by atoms with van der Waals surface area (Å²) in [6.07, 6.45) is 6.76. The van der Waals surface area contributed by atoms with E-state index in [2.05, 4.69) is 37.4 Å². The number of carbonyl (C=O) groups excluding carboxylic acids is 1. The van der Waals surface area contributed by atoms with Crippen molar-refractivity contribution in [2.45, 2.75) is 58.4 Å². The van der Waals surface area contributed by atoms with Crippen molar-refractivity contribution >= 4 is 5.91 Å². The van der Waals surface area contributed by atoms with E-state index in [0.29, 0.717) is 12.5 Å². The molecule has 2 aliphatic carbocycles. The fourth-order valence-electron chi connectivity index (χ4n) is 3.92. The summed E-state index contributed by atoms with van der Waals surface area (Å²) in [5.74, 6) is 1.90. The molecular weight excluding hydrogens is 246 g/mol. The Morgan fingerprint density at radius 2 is 2.05 bits per heavy atom. The van der Waals surface area contributed by atoms with Crippen LogP contribution in [0.15, 0.2) is 18.2 Å². The molecule has 1 aromatic carbocycles. The van der Waals surface area contributed by atoms with E-state index in [-0.39, 0.29) is 5.91 Å². The van der Waals surface area contributed by atoms with Crippen molar-refractivity contribution in [3.05, 3.63) is 34.9 Å². The minimum atomic E-state index is 0.237. The van der Waals surface area contributed by atoms with Gasteiger partial charge in [0.1, 0.15) is 0 Å². The van der Waals surface area contributed by atoms with Gasteiger partial charge in [0.2, 0.25) is 5.91 Å². The normalized spacial score (nSPS) is 27.8. The van der Waals surface area contributed by atoms with Crippen molar-refractivity contribution in [1.29, 1.82) is 0 Å². The van der Waals surface area contributed by atoms with Gasteiger partial charge in [0.15, 0.2) is 0 Å². The van der Waals surface area contributed by atoms with Gasteiger partial charge in [-0.3, -0.25) is 4.79 Å². The first-order valence-electron chi connectivity index (χ1n) is 7.97. The maximum atomic E-state index is 12.1. The van der Waals surface area contributed by atoms with Crippen LogP contribution in [-0.4, -0.2) is 11.9 Å². The third-order valence-electron chi connectivity index (χ3n) is 5.30. The number of carbonyl (C=O) groups is 1. The molecular formula is C18H25NO. The lowest BCUT2D eigenvalue weighted by molar-refractivity contribution is -0.122. The second-order valence-electron chi connectivity index (χ2n) is 6.77. The van der Waals surface area contributed by atoms with Crippen LogP contribution in [-0.2, 0) is 11.2 Å². The summed E-state index contributed by atoms with van der Waals surface area (Å²) >= 11 is 0. The monoisotopic (exact) mass is 271 g/mol. The molecule has 0 aliphatic heterocycles. The third-order valence-corrected chi connectivity index (χ3v) is 5.30. The predicted octanol–water partition coefficient (Wildman–Crippen LogP) is 3.54. The van der Waals surface area contributed by atoms with Gasteiger partial charge in [0.25, 0.3) is 0 Å². The van der Waals surface area contributed by atoms with Crippen molar-refractivity contribution < 1.29 is 4.79 Å². The minimum Gasteiger partial charge on any atom is -0.353 e. The molecule has 0 unspecified atom stereocenters. The Hall–Kier alpha value is -1.31. The highest BCUT2D eigenvalue weighted by Gasteiger charge is 2.39. The highest BCUT2D eigenvalue weighted by Crippen LogP contribution is 2.44. The van der Waals surface area contributed by atoms with Crippen LogP contribution in [0.3, 0.4) is 0 Å². The lowest BCUT2D eigenvalue weighted by Crippen LogP contribution is -2.38. The molecule has 0 spiro atoms. The van der Waals surface area contributed by atoms with Gasteiger partial charge in [-0.1, -0.05) is 24.6 Å². The maximum Gasteiger partial charge on any atom is 0.220 e. The zero-order valence-corrected chi connectivity index (χ0v) is 12.6. The molecule has 2 heteroatoms. The number of amides is 1. The Balaban J connectivity index is 1.48. The molecule has 2 bridgehead atoms. The van der Waals surface area contributed by atoms with Crippen molar-refractivity contribution in [3.8, 4) is 0 Å². The van der Waals surface area contributed by atoms with E-state index < -0.39 is 0 Å². The largest absolute Gasteiger partial charge is 0.353 e. The fraction of sp³-hybridized carbons (Fsp3) is 0.611. The summed E-state index contributed by atoms with van der Waals surface area (Å²) in [7, 11) is 0. The van der Waals surface area contributed by atoms with E-state index in [1.54, 1.807) is 0 Å². The summed E-state index contributed by atoms with van der Waals surface area (Å²) in [5, 5.41) is 3.27. The zero-order valence-electron chi connectivity index (χ0n) is 12.6. The number of hydrogen-bond donors (Lipinski definition) is 1. The van der Waals surface area contributed by atoms with E-state index >= 15 is 0 Å². The first-order valence-corrected chi connectivity index (χ1v) is 7.97. The Kier molecular flexibility index (Phi) is 3.82. The second kappa shape index (κ2) is 5.59. The van der Waals surface area contributed by atoms with Crippen molar-refractivity contribution in [2.24, 2.45) is 11.8 Å². The van der Waals surface area contributed by atoms with E-state index in [4.69, 9.17) is 0 Å². The van der Waals surface area contributed by atoms with Crippen LogP contribution in [0.5, 0.6) is 0 Å². The molecule has 2 nitrogen and oxygen atoms in total. The molecule has 1 aromatic rings. The number of nitrogens with one attached hydrogen (secondary N) is 1. The topological polar surface area (TPSA) is 29.1 Å². The van der Waals surface area contributed by atoms with Crippen LogP contribution >= 0.6 is 0 Å². The molecule has 1 N–H and O–H groups in total. The van der Waals surface area contributed by atoms with Gasteiger partial charge < -0.3 is 5.32 Å². The second-order valence-corrected chi connectivity index (χ2v) is 6.77. The van der Waals surface area contributed by atoms with Gasteiger partial charge in [-0.05, 0) is 68.1 Å². The standard InChI is InChI=1S/C18H25NO/c1-12-3-4-14(9-13(12)2)6-8-18(20)19-17-11-15-5-7-16(17)10-15/h3-4,9,15-17H,5-8,10-11H2,1-2H3,(H,19,20)/t15-,16-,17+/m0/s1. The van der Waals surface area contributed by atoms with Crippen LogP contribution in [0.25, 0.3) is 0 Å². The van der Waals surface area contributed by atoms with Gasteiger partial charge in [-0.2, -0.15) is 0 Å². The van der Waals surface area contributed by atoms with E-state index in [0.717, 1.165) is 18.3 Å². The molecule has 1 amide bonds. The molecule has 0 aromatic heterocycles. The summed E-state index contributed by atoms with van der Waals surface area (Å²) in [5.41, 5.74) is 3.91. The molecule has 2 aliphatic rings. The van der Waals surface area contributed by atoms with Crippen molar-refractivity contribution in [3.63, 3.8) is 0 Å². The first kappa shape index (κ1) is 13.7. The summed E-state index contributed by atoms with van der Waals surface area (Å²) in [6, 6.07) is 6.98. The highest BCUT2D eigenvalue weighted by atomic mass is 16.1. The lowest BCUT2D eigenvalue weighted by atomic mass is 9.95. The van der Waals surface area contributed by atoms with Crippen LogP contribution in [0.2, 0.25) is 0 Å². The van der Waals surface area contributed by atoms with E-state index in [9.17, 15) is 4.79 Å². The average molecular weight is 271 g/mol. The lowest BCUT2D eigenvalue weighted by Gasteiger charge is -2.22. The van der Waals surface area contributed by atoms with E-state index in [1.807, 2.05) is 0 Å². The Morgan fingerprint density at radius 3 is 2.70 bits per heavy atom. The summed E-state index contributed by atoms with van der Waals surface area (Å²) in [4.78, 5) is 12.1. The molecule has 0 radical (unpaired) electrons. The van der Waals surface area contributed by atoms with Gasteiger partial charge in [0.05, 0.1) is 0 Å². The predicted molar refractivity (Wildman–Crippen MR) is 81.6 cm³/mol. The zero-order chi connectivity index (χ0) is 14.1. The van der Waals surface area contributed by atoms with Gasteiger partial charge in [-0.15, -0.1) is 0 Å². The van der Waals surface area contributed by atoms with Crippen LogP contribution < -0.4 is 5.32 Å². The number of aryl methyl sites for hydroxylation is 3. The van der Waals surface area contributed by atoms with Crippen LogP contribution in [0.1, 0.15) is 48.8 Å². The number of benzene rings is 1. The van der Waals surface area contributed by atoms with E-state index in [1.165, 1.54) is 42.4 Å². The molecule has 0 heterocycles. The fourth-order valence-corrected chi connectivity index (χ4v) is 3.92. The quantitative estimate of drug-likeness (QED) is 0.891. The van der Waals surface area contributed by atoms with Gasteiger partial charge in [0, 0.05) is 12.5 Å². The third kappa shape index (κ3) is 2.89. The van der Waals surface area contributed by atoms with Crippen LogP contribution in [0.4, 0.5) is 0 Å². The summed E-state index contributed by atoms with van der Waals surface area (Å²) in [6.45, 7) is 4.26. The Bertz CT molecular complexity index is 508. The molecule has 0 saturated heterocycles. The number of fused-ring (bicyclic) bond motifs is 2. The maximum absolute atomic E-state index is 12.1. The number of rotatable bonds is 4. The first-order chi connectivity index (χ1) is 9.61. The Morgan fingerprint density at radius 1 is 1.20 bits per heavy atom. The average Bonchev–Trinajstić information content (AvgIpc) is 3.02. The van der Waals surface area contributed by atoms with Crippen LogP contribution in [0, 0.1) is 25.7 Å². The van der Waals surface area contributed by atoms with Gasteiger partial charge in [-0.25, -0.2) is 0 Å². The van der Waals surface area contributed by atoms with Crippen molar-refractivity contribution in [2.75, 3.05) is 0 Å². The van der Waals surface area contributed by atoms with Gasteiger partial charge >= 0.3 is 0 Å². The molecule has 2 fully saturated rings.